The molecule has 0 bridgehead atoms. The van der Waals surface area contributed by atoms with Gasteiger partial charge in [0.1, 0.15) is 23.0 Å². The van der Waals surface area contributed by atoms with Gasteiger partial charge in [-0.1, -0.05) is 22.0 Å². The van der Waals surface area contributed by atoms with Gasteiger partial charge in [-0.15, -0.1) is 0 Å². The summed E-state index contributed by atoms with van der Waals surface area (Å²) in [5, 5.41) is 4.92. The lowest BCUT2D eigenvalue weighted by atomic mass is 10.2. The maximum Gasteiger partial charge on any atom is 0.319 e. The topological polar surface area (TPSA) is 106 Å². The first-order chi connectivity index (χ1) is 10.9. The van der Waals surface area contributed by atoms with E-state index in [4.69, 9.17) is 10.5 Å². The SMILES string of the molecule is CNC(=O)Nc1snc(OCc2ccc(Br)cc2F)c1C(N)=O. The normalized spacial score (nSPS) is 10.2. The summed E-state index contributed by atoms with van der Waals surface area (Å²) in [6.45, 7) is -0.136. The fourth-order valence-electron chi connectivity index (χ4n) is 1.63. The second-order valence-electron chi connectivity index (χ2n) is 4.28. The first-order valence-electron chi connectivity index (χ1n) is 6.27. The summed E-state index contributed by atoms with van der Waals surface area (Å²) in [6, 6.07) is 3.98. The first kappa shape index (κ1) is 17.2. The maximum atomic E-state index is 13.8. The van der Waals surface area contributed by atoms with Crippen LogP contribution in [0.1, 0.15) is 15.9 Å². The number of nitrogens with two attached hydrogens (primary N) is 1. The number of amides is 3. The van der Waals surface area contributed by atoms with Crippen molar-refractivity contribution in [2.75, 3.05) is 12.4 Å². The maximum absolute atomic E-state index is 13.8. The molecule has 0 saturated heterocycles. The number of urea groups is 1. The van der Waals surface area contributed by atoms with E-state index >= 15 is 0 Å². The van der Waals surface area contributed by atoms with Crippen molar-refractivity contribution in [3.63, 3.8) is 0 Å². The van der Waals surface area contributed by atoms with Crippen LogP contribution in [0, 0.1) is 5.82 Å². The Morgan fingerprint density at radius 3 is 2.83 bits per heavy atom. The summed E-state index contributed by atoms with van der Waals surface area (Å²) in [7, 11) is 1.42. The number of nitrogens with one attached hydrogen (secondary N) is 2. The highest BCUT2D eigenvalue weighted by molar-refractivity contribution is 9.10. The lowest BCUT2D eigenvalue weighted by Crippen LogP contribution is -2.25. The zero-order chi connectivity index (χ0) is 17.0. The average Bonchev–Trinajstić information content (AvgIpc) is 2.89. The Hall–Kier alpha value is -2.20. The van der Waals surface area contributed by atoms with Crippen LogP contribution < -0.4 is 21.1 Å². The summed E-state index contributed by atoms with van der Waals surface area (Å²) in [4.78, 5) is 22.9. The van der Waals surface area contributed by atoms with E-state index in [1.54, 1.807) is 12.1 Å². The van der Waals surface area contributed by atoms with Crippen molar-refractivity contribution in [3.05, 3.63) is 39.6 Å². The van der Waals surface area contributed by atoms with Gasteiger partial charge in [-0.3, -0.25) is 10.1 Å². The van der Waals surface area contributed by atoms with Crippen molar-refractivity contribution in [3.8, 4) is 5.88 Å². The average molecular weight is 403 g/mol. The Kier molecular flexibility index (Phi) is 5.50. The number of ether oxygens (including phenoxy) is 1. The van der Waals surface area contributed by atoms with Crippen molar-refractivity contribution in [1.29, 1.82) is 0 Å². The van der Waals surface area contributed by atoms with Gasteiger partial charge in [0.25, 0.3) is 5.91 Å². The van der Waals surface area contributed by atoms with E-state index in [1.807, 2.05) is 0 Å². The monoisotopic (exact) mass is 402 g/mol. The Morgan fingerprint density at radius 2 is 2.22 bits per heavy atom. The lowest BCUT2D eigenvalue weighted by molar-refractivity contribution is 0.0996. The third kappa shape index (κ3) is 4.17. The molecule has 0 radical (unpaired) electrons. The van der Waals surface area contributed by atoms with Crippen LogP contribution in [-0.2, 0) is 6.61 Å². The highest BCUT2D eigenvalue weighted by atomic mass is 79.9. The minimum atomic E-state index is -0.809. The minimum Gasteiger partial charge on any atom is -0.471 e. The molecule has 0 unspecified atom stereocenters. The summed E-state index contributed by atoms with van der Waals surface area (Å²) >= 11 is 4.00. The van der Waals surface area contributed by atoms with Crippen LogP contribution in [0.5, 0.6) is 5.88 Å². The second kappa shape index (κ2) is 7.38. The van der Waals surface area contributed by atoms with E-state index in [2.05, 4.69) is 30.9 Å². The van der Waals surface area contributed by atoms with Gasteiger partial charge in [0.15, 0.2) is 0 Å². The largest absolute Gasteiger partial charge is 0.471 e. The molecule has 3 amide bonds. The highest BCUT2D eigenvalue weighted by Crippen LogP contribution is 2.31. The van der Waals surface area contributed by atoms with Crippen LogP contribution in [0.2, 0.25) is 0 Å². The van der Waals surface area contributed by atoms with E-state index in [1.165, 1.54) is 13.1 Å². The molecule has 0 aliphatic carbocycles. The molecular weight excluding hydrogens is 391 g/mol. The highest BCUT2D eigenvalue weighted by Gasteiger charge is 2.22. The molecule has 4 N–H and O–H groups in total. The number of rotatable bonds is 5. The molecule has 0 fully saturated rings. The van der Waals surface area contributed by atoms with Crippen LogP contribution in [0.15, 0.2) is 22.7 Å². The number of primary amides is 1. The van der Waals surface area contributed by atoms with Crippen LogP contribution in [-0.4, -0.2) is 23.4 Å². The molecule has 2 aromatic rings. The van der Waals surface area contributed by atoms with E-state index in [0.29, 0.717) is 4.47 Å². The molecule has 10 heteroatoms. The van der Waals surface area contributed by atoms with E-state index < -0.39 is 17.8 Å². The zero-order valence-electron chi connectivity index (χ0n) is 11.9. The number of benzene rings is 1. The molecule has 2 rings (SSSR count). The Morgan fingerprint density at radius 1 is 1.48 bits per heavy atom. The molecule has 0 saturated carbocycles. The third-order valence-corrected chi connectivity index (χ3v) is 3.98. The molecule has 1 aromatic carbocycles. The fourth-order valence-corrected chi connectivity index (χ4v) is 2.70. The quantitative estimate of drug-likeness (QED) is 0.713. The summed E-state index contributed by atoms with van der Waals surface area (Å²) in [5.41, 5.74) is 5.52. The number of carbonyl (C=O) groups excluding carboxylic acids is 2. The van der Waals surface area contributed by atoms with Gasteiger partial charge in [0.2, 0.25) is 5.88 Å². The number of anilines is 1. The van der Waals surface area contributed by atoms with Gasteiger partial charge in [0, 0.05) is 17.1 Å². The van der Waals surface area contributed by atoms with Crippen molar-refractivity contribution in [2.45, 2.75) is 6.61 Å². The molecule has 7 nitrogen and oxygen atoms in total. The number of aromatic nitrogens is 1. The standard InChI is InChI=1S/C13H12BrFN4O3S/c1-17-13(21)18-12-9(10(16)20)11(19-23-12)22-5-6-2-3-7(14)4-8(6)15/h2-4H,5H2,1H3,(H2,16,20)(H2,17,18,21). The second-order valence-corrected chi connectivity index (χ2v) is 5.97. The van der Waals surface area contributed by atoms with E-state index in [-0.39, 0.29) is 28.6 Å². The van der Waals surface area contributed by atoms with Crippen molar-refractivity contribution >= 4 is 44.4 Å². The minimum absolute atomic E-state index is 0.0591. The Bertz CT molecular complexity index is 753. The smallest absolute Gasteiger partial charge is 0.319 e. The van der Waals surface area contributed by atoms with Crippen LogP contribution in [0.4, 0.5) is 14.2 Å². The van der Waals surface area contributed by atoms with Gasteiger partial charge < -0.3 is 15.8 Å². The Balaban J connectivity index is 2.19. The number of carbonyl (C=O) groups is 2. The molecule has 0 aliphatic rings. The van der Waals surface area contributed by atoms with Gasteiger partial charge >= 0.3 is 6.03 Å². The zero-order valence-corrected chi connectivity index (χ0v) is 14.3. The summed E-state index contributed by atoms with van der Waals surface area (Å²) in [6.07, 6.45) is 0. The Labute approximate surface area is 143 Å². The third-order valence-electron chi connectivity index (χ3n) is 2.74. The van der Waals surface area contributed by atoms with Gasteiger partial charge in [-0.2, -0.15) is 4.37 Å². The van der Waals surface area contributed by atoms with E-state index in [9.17, 15) is 14.0 Å². The molecule has 23 heavy (non-hydrogen) atoms. The van der Waals surface area contributed by atoms with Gasteiger partial charge in [-0.05, 0) is 23.7 Å². The lowest BCUT2D eigenvalue weighted by Gasteiger charge is -2.07. The molecule has 0 aliphatic heterocycles. The van der Waals surface area contributed by atoms with Crippen LogP contribution in [0.25, 0.3) is 0 Å². The first-order valence-corrected chi connectivity index (χ1v) is 7.84. The molecule has 0 spiro atoms. The van der Waals surface area contributed by atoms with Crippen LogP contribution in [0.3, 0.4) is 0 Å². The van der Waals surface area contributed by atoms with Gasteiger partial charge in [-0.25, -0.2) is 9.18 Å². The number of hydrogen-bond acceptors (Lipinski definition) is 5. The van der Waals surface area contributed by atoms with E-state index in [0.717, 1.165) is 11.5 Å². The molecule has 1 heterocycles. The molecule has 1 aromatic heterocycles. The predicted octanol–water partition coefficient (Wildman–Crippen LogP) is 2.47. The molecule has 122 valence electrons. The molecular formula is C13H12BrFN4O3S. The van der Waals surface area contributed by atoms with Crippen molar-refractivity contribution in [1.82, 2.24) is 9.69 Å². The van der Waals surface area contributed by atoms with Gasteiger partial charge in [0.05, 0.1) is 0 Å². The predicted molar refractivity (Wildman–Crippen MR) is 87.1 cm³/mol. The molecule has 0 atom stereocenters. The van der Waals surface area contributed by atoms with Crippen molar-refractivity contribution < 1.29 is 18.7 Å². The van der Waals surface area contributed by atoms with Crippen molar-refractivity contribution in [2.24, 2.45) is 5.73 Å². The number of halogens is 2. The number of nitrogens with zero attached hydrogens (tertiary/aromatic N) is 1. The summed E-state index contributed by atoms with van der Waals surface area (Å²) < 4.78 is 23.7. The summed E-state index contributed by atoms with van der Waals surface area (Å²) in [5.74, 6) is -1.33. The van der Waals surface area contributed by atoms with Crippen LogP contribution >= 0.6 is 27.5 Å². The fraction of sp³-hybridized carbons (Fsp3) is 0.154. The number of hydrogen-bond donors (Lipinski definition) is 3.